The zero-order valence-corrected chi connectivity index (χ0v) is 10.5. The molecule has 0 aromatic carbocycles. The number of ketones is 1. The number of rotatable bonds is 3. The van der Waals surface area contributed by atoms with Crippen molar-refractivity contribution in [3.63, 3.8) is 0 Å². The molecule has 4 nitrogen and oxygen atoms in total. The normalized spacial score (nSPS) is 19.0. The Kier molecular flexibility index (Phi) is 3.05. The third kappa shape index (κ3) is 2.96. The van der Waals surface area contributed by atoms with Gasteiger partial charge in [0.2, 0.25) is 0 Å². The van der Waals surface area contributed by atoms with Crippen LogP contribution in [0.3, 0.4) is 0 Å². The summed E-state index contributed by atoms with van der Waals surface area (Å²) in [6.07, 6.45) is 4.96. The predicted octanol–water partition coefficient (Wildman–Crippen LogP) is 2.35. The van der Waals surface area contributed by atoms with Crippen molar-refractivity contribution in [2.45, 2.75) is 40.2 Å². The van der Waals surface area contributed by atoms with Gasteiger partial charge in [-0.15, -0.1) is 0 Å². The van der Waals surface area contributed by atoms with Crippen LogP contribution >= 0.6 is 0 Å². The summed E-state index contributed by atoms with van der Waals surface area (Å²) in [5, 5.41) is 7.02. The summed E-state index contributed by atoms with van der Waals surface area (Å²) < 4.78 is 4.99. The second kappa shape index (κ2) is 4.35. The molecule has 1 aromatic heterocycles. The van der Waals surface area contributed by atoms with Gasteiger partial charge < -0.3 is 9.84 Å². The smallest absolute Gasteiger partial charge is 0.157 e. The summed E-state index contributed by atoms with van der Waals surface area (Å²) >= 11 is 0. The maximum atomic E-state index is 11.6. The van der Waals surface area contributed by atoms with Crippen LogP contribution in [-0.2, 0) is 11.3 Å². The molecule has 0 atom stereocenters. The number of allylic oxidation sites excluding steroid dienone is 2. The van der Waals surface area contributed by atoms with Gasteiger partial charge in [0.25, 0.3) is 0 Å². The van der Waals surface area contributed by atoms with E-state index in [9.17, 15) is 4.79 Å². The minimum atomic E-state index is 0.0534. The summed E-state index contributed by atoms with van der Waals surface area (Å²) in [6, 6.07) is 0. The Hall–Kier alpha value is -1.58. The van der Waals surface area contributed by atoms with Crippen LogP contribution in [0.4, 0.5) is 0 Å². The van der Waals surface area contributed by atoms with E-state index in [1.54, 1.807) is 12.3 Å². The molecule has 0 saturated heterocycles. The Bertz CT molecular complexity index is 458. The monoisotopic (exact) mass is 234 g/mol. The van der Waals surface area contributed by atoms with E-state index < -0.39 is 0 Å². The van der Waals surface area contributed by atoms with E-state index in [0.29, 0.717) is 13.0 Å². The van der Waals surface area contributed by atoms with E-state index in [1.165, 1.54) is 0 Å². The van der Waals surface area contributed by atoms with E-state index in [2.05, 4.69) is 24.3 Å². The molecule has 17 heavy (non-hydrogen) atoms. The average molecular weight is 234 g/mol. The number of carbonyl (C=O) groups is 1. The lowest BCUT2D eigenvalue weighted by Crippen LogP contribution is -2.27. The molecule has 0 amide bonds. The standard InChI is InChI=1S/C13H18N2O2/c1-9-10(8-15-17-9)7-14-11-4-12(16)6-13(2,3)5-11/h4,8,14H,5-7H2,1-3H3. The Labute approximate surface area is 101 Å². The van der Waals surface area contributed by atoms with Crippen molar-refractivity contribution in [3.8, 4) is 0 Å². The van der Waals surface area contributed by atoms with E-state index in [4.69, 9.17) is 4.52 Å². The first-order chi connectivity index (χ1) is 7.96. The van der Waals surface area contributed by atoms with Gasteiger partial charge in [-0.2, -0.15) is 0 Å². The molecule has 0 fully saturated rings. The Morgan fingerprint density at radius 2 is 2.24 bits per heavy atom. The number of aryl methyl sites for hydroxylation is 1. The summed E-state index contributed by atoms with van der Waals surface area (Å²) in [4.78, 5) is 11.6. The van der Waals surface area contributed by atoms with Gasteiger partial charge in [0, 0.05) is 30.3 Å². The van der Waals surface area contributed by atoms with Crippen molar-refractivity contribution in [2.75, 3.05) is 0 Å². The Morgan fingerprint density at radius 3 is 2.82 bits per heavy atom. The zero-order chi connectivity index (χ0) is 12.5. The molecule has 0 saturated carbocycles. The van der Waals surface area contributed by atoms with Crippen molar-refractivity contribution >= 4 is 5.78 Å². The number of carbonyl (C=O) groups excluding carboxylic acids is 1. The molecule has 1 N–H and O–H groups in total. The van der Waals surface area contributed by atoms with Crippen LogP contribution in [0.1, 0.15) is 38.0 Å². The fourth-order valence-electron chi connectivity index (χ4n) is 2.16. The Balaban J connectivity index is 2.00. The van der Waals surface area contributed by atoms with Gasteiger partial charge in [-0.1, -0.05) is 19.0 Å². The molecule has 0 spiro atoms. The van der Waals surface area contributed by atoms with E-state index in [1.807, 2.05) is 6.92 Å². The van der Waals surface area contributed by atoms with Gasteiger partial charge in [0.05, 0.1) is 6.20 Å². The number of hydrogen-bond acceptors (Lipinski definition) is 4. The lowest BCUT2D eigenvalue weighted by Gasteiger charge is -2.29. The van der Waals surface area contributed by atoms with Gasteiger partial charge >= 0.3 is 0 Å². The van der Waals surface area contributed by atoms with E-state index in [0.717, 1.165) is 23.4 Å². The van der Waals surface area contributed by atoms with Gasteiger partial charge in [0.15, 0.2) is 5.78 Å². The van der Waals surface area contributed by atoms with E-state index >= 15 is 0 Å². The van der Waals surface area contributed by atoms with Crippen LogP contribution < -0.4 is 5.32 Å². The highest BCUT2D eigenvalue weighted by Gasteiger charge is 2.27. The highest BCUT2D eigenvalue weighted by molar-refractivity contribution is 5.91. The SMILES string of the molecule is Cc1oncc1CNC1=CC(=O)CC(C)(C)C1. The van der Waals surface area contributed by atoms with Crippen LogP contribution in [0.2, 0.25) is 0 Å². The molecule has 0 radical (unpaired) electrons. The first-order valence-corrected chi connectivity index (χ1v) is 5.84. The molecule has 0 unspecified atom stereocenters. The molecule has 1 aromatic rings. The maximum absolute atomic E-state index is 11.6. The van der Waals surface area contributed by atoms with Crippen LogP contribution in [-0.4, -0.2) is 10.9 Å². The second-order valence-electron chi connectivity index (χ2n) is 5.41. The number of hydrogen-bond donors (Lipinski definition) is 1. The molecular weight excluding hydrogens is 216 g/mol. The second-order valence-corrected chi connectivity index (χ2v) is 5.41. The molecule has 2 rings (SSSR count). The summed E-state index contributed by atoms with van der Waals surface area (Å²) in [5.74, 6) is 1.02. The van der Waals surface area contributed by atoms with Gasteiger partial charge in [0.1, 0.15) is 5.76 Å². The number of nitrogens with one attached hydrogen (secondary N) is 1. The minimum Gasteiger partial charge on any atom is -0.384 e. The predicted molar refractivity (Wildman–Crippen MR) is 64.2 cm³/mol. The lowest BCUT2D eigenvalue weighted by molar-refractivity contribution is -0.117. The molecule has 92 valence electrons. The zero-order valence-electron chi connectivity index (χ0n) is 10.5. The van der Waals surface area contributed by atoms with Crippen molar-refractivity contribution in [2.24, 2.45) is 5.41 Å². The largest absolute Gasteiger partial charge is 0.384 e. The van der Waals surface area contributed by atoms with Crippen molar-refractivity contribution in [1.29, 1.82) is 0 Å². The fourth-order valence-corrected chi connectivity index (χ4v) is 2.16. The Morgan fingerprint density at radius 1 is 1.47 bits per heavy atom. The molecule has 1 aliphatic rings. The summed E-state index contributed by atoms with van der Waals surface area (Å²) in [5.41, 5.74) is 2.09. The van der Waals surface area contributed by atoms with Crippen LogP contribution in [0.25, 0.3) is 0 Å². The number of aromatic nitrogens is 1. The molecule has 1 aliphatic carbocycles. The first kappa shape index (κ1) is 11.9. The topological polar surface area (TPSA) is 55.1 Å². The van der Waals surface area contributed by atoms with Crippen molar-refractivity contribution < 1.29 is 9.32 Å². The molecule has 4 heteroatoms. The first-order valence-electron chi connectivity index (χ1n) is 5.84. The van der Waals surface area contributed by atoms with Crippen molar-refractivity contribution in [3.05, 3.63) is 29.3 Å². The summed E-state index contributed by atoms with van der Waals surface area (Å²) in [7, 11) is 0. The average Bonchev–Trinajstić information content (AvgIpc) is 2.58. The molecular formula is C13H18N2O2. The third-order valence-corrected chi connectivity index (χ3v) is 3.01. The highest BCUT2D eigenvalue weighted by Crippen LogP contribution is 2.32. The molecule has 0 aliphatic heterocycles. The van der Waals surface area contributed by atoms with Gasteiger partial charge in [-0.05, 0) is 18.8 Å². The van der Waals surface area contributed by atoms with Gasteiger partial charge in [-0.3, -0.25) is 4.79 Å². The van der Waals surface area contributed by atoms with Gasteiger partial charge in [-0.25, -0.2) is 0 Å². The minimum absolute atomic E-state index is 0.0534. The maximum Gasteiger partial charge on any atom is 0.157 e. The molecule has 0 bridgehead atoms. The van der Waals surface area contributed by atoms with Crippen molar-refractivity contribution in [1.82, 2.24) is 10.5 Å². The van der Waals surface area contributed by atoms with Crippen LogP contribution in [0, 0.1) is 12.3 Å². The third-order valence-electron chi connectivity index (χ3n) is 3.01. The molecule has 1 heterocycles. The number of nitrogens with zero attached hydrogens (tertiary/aromatic N) is 1. The van der Waals surface area contributed by atoms with Crippen LogP contribution in [0.5, 0.6) is 0 Å². The summed E-state index contributed by atoms with van der Waals surface area (Å²) in [6.45, 7) is 6.77. The fraction of sp³-hybridized carbons (Fsp3) is 0.538. The quantitative estimate of drug-likeness (QED) is 0.872. The highest BCUT2D eigenvalue weighted by atomic mass is 16.5. The van der Waals surface area contributed by atoms with Crippen LogP contribution in [0.15, 0.2) is 22.5 Å². The lowest BCUT2D eigenvalue weighted by atomic mass is 9.79. The van der Waals surface area contributed by atoms with E-state index in [-0.39, 0.29) is 11.2 Å².